The zero-order valence-corrected chi connectivity index (χ0v) is 12.2. The lowest BCUT2D eigenvalue weighted by Gasteiger charge is -2.31. The number of nitrogens with one attached hydrogen (secondary N) is 1. The largest absolute Gasteiger partial charge is 0.324 e. The lowest BCUT2D eigenvalue weighted by atomic mass is 10.1. The molecule has 1 aromatic carbocycles. The van der Waals surface area contributed by atoms with Gasteiger partial charge in [0, 0.05) is 13.1 Å². The van der Waals surface area contributed by atoms with Crippen molar-refractivity contribution in [2.75, 3.05) is 18.4 Å². The summed E-state index contributed by atoms with van der Waals surface area (Å²) >= 11 is 6.04. The number of likely N-dealkylation sites (tertiary alicyclic amines) is 1. The third-order valence-electron chi connectivity index (χ3n) is 3.63. The van der Waals surface area contributed by atoms with E-state index in [0.717, 1.165) is 12.8 Å². The predicted octanol–water partition coefficient (Wildman–Crippen LogP) is 2.80. The number of nitrogens with zero attached hydrogens (tertiary/aromatic N) is 4. The Morgan fingerprint density at radius 2 is 1.86 bits per heavy atom. The standard InChI is InChI=1S/C14H16ClN5O/c15-12-3-1-2-4-13(12)18-14(21)19-9-5-11(6-10-19)20-16-7-8-17-20/h1-4,7-8,11H,5-6,9-10H2,(H,18,21). The first kappa shape index (κ1) is 13.9. The van der Waals surface area contributed by atoms with E-state index in [4.69, 9.17) is 11.6 Å². The molecular weight excluding hydrogens is 290 g/mol. The monoisotopic (exact) mass is 305 g/mol. The average Bonchev–Trinajstić information content (AvgIpc) is 3.04. The number of aromatic nitrogens is 3. The van der Waals surface area contributed by atoms with Crippen LogP contribution in [0.15, 0.2) is 36.7 Å². The maximum Gasteiger partial charge on any atom is 0.321 e. The van der Waals surface area contributed by atoms with Gasteiger partial charge in [0.05, 0.1) is 29.1 Å². The van der Waals surface area contributed by atoms with E-state index in [-0.39, 0.29) is 12.1 Å². The molecule has 2 heterocycles. The second-order valence-electron chi connectivity index (χ2n) is 4.98. The first-order chi connectivity index (χ1) is 10.2. The van der Waals surface area contributed by atoms with E-state index < -0.39 is 0 Å². The van der Waals surface area contributed by atoms with Crippen LogP contribution < -0.4 is 5.32 Å². The summed E-state index contributed by atoms with van der Waals surface area (Å²) in [6.45, 7) is 1.37. The molecule has 0 atom stereocenters. The Morgan fingerprint density at radius 3 is 2.52 bits per heavy atom. The van der Waals surface area contributed by atoms with Gasteiger partial charge in [-0.05, 0) is 25.0 Å². The van der Waals surface area contributed by atoms with Crippen LogP contribution in [0.4, 0.5) is 10.5 Å². The molecule has 0 unspecified atom stereocenters. The van der Waals surface area contributed by atoms with Crippen molar-refractivity contribution in [1.82, 2.24) is 19.9 Å². The highest BCUT2D eigenvalue weighted by molar-refractivity contribution is 6.33. The molecule has 2 aromatic rings. The summed E-state index contributed by atoms with van der Waals surface area (Å²) in [5, 5.41) is 11.7. The number of hydrogen-bond acceptors (Lipinski definition) is 3. The lowest BCUT2D eigenvalue weighted by Crippen LogP contribution is -2.41. The third-order valence-corrected chi connectivity index (χ3v) is 3.96. The number of amides is 2. The van der Waals surface area contributed by atoms with Gasteiger partial charge in [0.1, 0.15) is 0 Å². The van der Waals surface area contributed by atoms with E-state index in [0.29, 0.717) is 23.8 Å². The Labute approximate surface area is 127 Å². The molecule has 6 nitrogen and oxygen atoms in total. The van der Waals surface area contributed by atoms with E-state index >= 15 is 0 Å². The predicted molar refractivity (Wildman–Crippen MR) is 80.3 cm³/mol. The van der Waals surface area contributed by atoms with Crippen LogP contribution in [0, 0.1) is 0 Å². The zero-order chi connectivity index (χ0) is 14.7. The number of para-hydroxylation sites is 1. The molecule has 0 aliphatic carbocycles. The number of rotatable bonds is 2. The minimum atomic E-state index is -0.116. The summed E-state index contributed by atoms with van der Waals surface area (Å²) in [5.41, 5.74) is 0.639. The number of anilines is 1. The Hall–Kier alpha value is -2.08. The van der Waals surface area contributed by atoms with Crippen molar-refractivity contribution < 1.29 is 4.79 Å². The van der Waals surface area contributed by atoms with Crippen LogP contribution in [0.5, 0.6) is 0 Å². The summed E-state index contributed by atoms with van der Waals surface area (Å²) in [4.78, 5) is 15.8. The molecule has 0 saturated carbocycles. The molecule has 1 saturated heterocycles. The van der Waals surface area contributed by atoms with Crippen LogP contribution in [0.25, 0.3) is 0 Å². The average molecular weight is 306 g/mol. The fourth-order valence-electron chi connectivity index (χ4n) is 2.47. The van der Waals surface area contributed by atoms with Gasteiger partial charge in [0.25, 0.3) is 0 Å². The van der Waals surface area contributed by atoms with Gasteiger partial charge in [-0.15, -0.1) is 0 Å². The molecule has 1 aliphatic heterocycles. The topological polar surface area (TPSA) is 63.1 Å². The number of halogens is 1. The Balaban J connectivity index is 1.57. The second kappa shape index (κ2) is 6.13. The molecule has 0 bridgehead atoms. The van der Waals surface area contributed by atoms with Crippen LogP contribution in [0.1, 0.15) is 18.9 Å². The number of piperidine rings is 1. The van der Waals surface area contributed by atoms with Crippen LogP contribution in [0.2, 0.25) is 5.02 Å². The fourth-order valence-corrected chi connectivity index (χ4v) is 2.65. The summed E-state index contributed by atoms with van der Waals surface area (Å²) in [6, 6.07) is 7.38. The number of carbonyl (C=O) groups excluding carboxylic acids is 1. The van der Waals surface area contributed by atoms with E-state index in [2.05, 4.69) is 15.5 Å². The van der Waals surface area contributed by atoms with Gasteiger partial charge in [0.15, 0.2) is 0 Å². The van der Waals surface area contributed by atoms with E-state index in [1.165, 1.54) is 0 Å². The summed E-state index contributed by atoms with van der Waals surface area (Å²) in [5.74, 6) is 0. The highest BCUT2D eigenvalue weighted by Crippen LogP contribution is 2.23. The van der Waals surface area contributed by atoms with Crippen LogP contribution in [-0.4, -0.2) is 39.0 Å². The van der Waals surface area contributed by atoms with Crippen molar-refractivity contribution in [3.8, 4) is 0 Å². The molecule has 7 heteroatoms. The highest BCUT2D eigenvalue weighted by atomic mass is 35.5. The van der Waals surface area contributed by atoms with Gasteiger partial charge in [-0.2, -0.15) is 15.0 Å². The third kappa shape index (κ3) is 3.16. The molecule has 21 heavy (non-hydrogen) atoms. The minimum Gasteiger partial charge on any atom is -0.324 e. The highest BCUT2D eigenvalue weighted by Gasteiger charge is 2.24. The molecule has 1 fully saturated rings. The Kier molecular flexibility index (Phi) is 4.06. The van der Waals surface area contributed by atoms with Gasteiger partial charge < -0.3 is 10.2 Å². The van der Waals surface area contributed by atoms with Crippen molar-refractivity contribution in [1.29, 1.82) is 0 Å². The normalized spacial score (nSPS) is 16.0. The van der Waals surface area contributed by atoms with Gasteiger partial charge in [0.2, 0.25) is 0 Å². The lowest BCUT2D eigenvalue weighted by molar-refractivity contribution is 0.175. The number of carbonyl (C=O) groups is 1. The SMILES string of the molecule is O=C(Nc1ccccc1Cl)N1CCC(n2nccn2)CC1. The number of benzene rings is 1. The molecular formula is C14H16ClN5O. The molecule has 1 aromatic heterocycles. The van der Waals surface area contributed by atoms with E-state index in [1.807, 2.05) is 12.1 Å². The number of hydrogen-bond donors (Lipinski definition) is 1. The quantitative estimate of drug-likeness (QED) is 0.928. The zero-order valence-electron chi connectivity index (χ0n) is 11.4. The summed E-state index contributed by atoms with van der Waals surface area (Å²) in [7, 11) is 0. The van der Waals surface area contributed by atoms with E-state index in [9.17, 15) is 4.79 Å². The van der Waals surface area contributed by atoms with Gasteiger partial charge >= 0.3 is 6.03 Å². The van der Waals surface area contributed by atoms with E-state index in [1.54, 1.807) is 34.2 Å². The van der Waals surface area contributed by atoms with Crippen LogP contribution in [-0.2, 0) is 0 Å². The molecule has 2 amide bonds. The minimum absolute atomic E-state index is 0.116. The van der Waals surface area contributed by atoms with Crippen molar-refractivity contribution in [3.63, 3.8) is 0 Å². The molecule has 1 aliphatic rings. The summed E-state index contributed by atoms with van der Waals surface area (Å²) in [6.07, 6.45) is 5.06. The van der Waals surface area contributed by atoms with Gasteiger partial charge in [-0.1, -0.05) is 23.7 Å². The van der Waals surface area contributed by atoms with Crippen molar-refractivity contribution >= 4 is 23.3 Å². The fraction of sp³-hybridized carbons (Fsp3) is 0.357. The first-order valence-electron chi connectivity index (χ1n) is 6.90. The smallest absolute Gasteiger partial charge is 0.321 e. The molecule has 0 radical (unpaired) electrons. The molecule has 1 N–H and O–H groups in total. The van der Waals surface area contributed by atoms with Crippen molar-refractivity contribution in [3.05, 3.63) is 41.7 Å². The second-order valence-corrected chi connectivity index (χ2v) is 5.38. The van der Waals surface area contributed by atoms with Crippen molar-refractivity contribution in [2.45, 2.75) is 18.9 Å². The maximum atomic E-state index is 12.2. The van der Waals surface area contributed by atoms with Crippen molar-refractivity contribution in [2.24, 2.45) is 0 Å². The maximum absolute atomic E-state index is 12.2. The molecule has 3 rings (SSSR count). The summed E-state index contributed by atoms with van der Waals surface area (Å²) < 4.78 is 0. The number of urea groups is 1. The Bertz CT molecular complexity index is 608. The van der Waals surface area contributed by atoms with Gasteiger partial charge in [-0.25, -0.2) is 4.79 Å². The molecule has 110 valence electrons. The first-order valence-corrected chi connectivity index (χ1v) is 7.28. The van der Waals surface area contributed by atoms with Crippen LogP contribution >= 0.6 is 11.6 Å². The van der Waals surface area contributed by atoms with Gasteiger partial charge in [-0.3, -0.25) is 0 Å². The Morgan fingerprint density at radius 1 is 1.19 bits per heavy atom. The van der Waals surface area contributed by atoms with Crippen LogP contribution in [0.3, 0.4) is 0 Å². The molecule has 0 spiro atoms.